The molecule has 0 saturated carbocycles. The number of benzene rings is 1. The predicted octanol–water partition coefficient (Wildman–Crippen LogP) is 2.86. The standard InChI is InChI=1S/C15H18BrFN2O2/c1-9(2)8-12-15(21)19(7-6-13(20)18-12)14-10(16)4-3-5-11(14)17/h3-5,9,12H,6-8H2,1-2H3,(H,18,20). The van der Waals surface area contributed by atoms with Crippen molar-refractivity contribution in [2.75, 3.05) is 11.4 Å². The molecule has 1 aromatic rings. The molecule has 2 rings (SSSR count). The van der Waals surface area contributed by atoms with Gasteiger partial charge in [-0.3, -0.25) is 9.59 Å². The summed E-state index contributed by atoms with van der Waals surface area (Å²) in [7, 11) is 0. The molecule has 1 saturated heterocycles. The second-order valence-electron chi connectivity index (χ2n) is 5.56. The Bertz CT molecular complexity index is 542. The fourth-order valence-corrected chi connectivity index (χ4v) is 3.00. The molecule has 6 heteroatoms. The summed E-state index contributed by atoms with van der Waals surface area (Å²) in [4.78, 5) is 25.8. The van der Waals surface area contributed by atoms with Crippen molar-refractivity contribution in [3.63, 3.8) is 0 Å². The topological polar surface area (TPSA) is 49.4 Å². The highest BCUT2D eigenvalue weighted by atomic mass is 79.9. The fourth-order valence-electron chi connectivity index (χ4n) is 2.44. The van der Waals surface area contributed by atoms with E-state index in [9.17, 15) is 14.0 Å². The fraction of sp³-hybridized carbons (Fsp3) is 0.467. The SMILES string of the molecule is CC(C)CC1NC(=O)CCN(c2c(F)cccc2Br)C1=O. The summed E-state index contributed by atoms with van der Waals surface area (Å²) in [5, 5.41) is 2.73. The van der Waals surface area contributed by atoms with Crippen molar-refractivity contribution < 1.29 is 14.0 Å². The van der Waals surface area contributed by atoms with Crippen molar-refractivity contribution >= 4 is 33.4 Å². The highest BCUT2D eigenvalue weighted by Gasteiger charge is 2.33. The van der Waals surface area contributed by atoms with Crippen LogP contribution in [0.2, 0.25) is 0 Å². The summed E-state index contributed by atoms with van der Waals surface area (Å²) >= 11 is 3.28. The summed E-state index contributed by atoms with van der Waals surface area (Å²) in [5.41, 5.74) is 0.202. The Kier molecular flexibility index (Phi) is 4.98. The number of amides is 2. The maximum Gasteiger partial charge on any atom is 0.249 e. The van der Waals surface area contributed by atoms with Gasteiger partial charge in [0.2, 0.25) is 11.8 Å². The van der Waals surface area contributed by atoms with E-state index < -0.39 is 11.9 Å². The molecular formula is C15H18BrFN2O2. The largest absolute Gasteiger partial charge is 0.344 e. The van der Waals surface area contributed by atoms with E-state index in [2.05, 4.69) is 21.2 Å². The minimum Gasteiger partial charge on any atom is -0.344 e. The van der Waals surface area contributed by atoms with E-state index in [0.29, 0.717) is 10.9 Å². The van der Waals surface area contributed by atoms with Gasteiger partial charge in [0.05, 0.1) is 5.69 Å². The number of carbonyl (C=O) groups is 2. The number of nitrogens with one attached hydrogen (secondary N) is 1. The Balaban J connectivity index is 2.37. The number of hydrogen-bond donors (Lipinski definition) is 1. The van der Waals surface area contributed by atoms with Gasteiger partial charge >= 0.3 is 0 Å². The van der Waals surface area contributed by atoms with Gasteiger partial charge in [-0.05, 0) is 40.4 Å². The minimum atomic E-state index is -0.605. The van der Waals surface area contributed by atoms with Crippen LogP contribution in [0.15, 0.2) is 22.7 Å². The van der Waals surface area contributed by atoms with Crippen LogP contribution in [0.25, 0.3) is 0 Å². The lowest BCUT2D eigenvalue weighted by Crippen LogP contribution is -2.45. The lowest BCUT2D eigenvalue weighted by molar-refractivity contribution is -0.125. The quantitative estimate of drug-likeness (QED) is 0.905. The van der Waals surface area contributed by atoms with Crippen molar-refractivity contribution in [3.05, 3.63) is 28.5 Å². The minimum absolute atomic E-state index is 0.168. The van der Waals surface area contributed by atoms with Gasteiger partial charge in [0.15, 0.2) is 0 Å². The van der Waals surface area contributed by atoms with Crippen molar-refractivity contribution in [2.45, 2.75) is 32.7 Å². The number of halogens is 2. The van der Waals surface area contributed by atoms with E-state index in [1.165, 1.54) is 11.0 Å². The molecular weight excluding hydrogens is 339 g/mol. The van der Waals surface area contributed by atoms with Crippen LogP contribution in [0.1, 0.15) is 26.7 Å². The van der Waals surface area contributed by atoms with Gasteiger partial charge in [-0.15, -0.1) is 0 Å². The lowest BCUT2D eigenvalue weighted by Gasteiger charge is -2.26. The Morgan fingerprint density at radius 3 is 2.76 bits per heavy atom. The molecule has 1 aromatic carbocycles. The van der Waals surface area contributed by atoms with Gasteiger partial charge in [0.25, 0.3) is 0 Å². The molecule has 114 valence electrons. The summed E-state index contributed by atoms with van der Waals surface area (Å²) in [6.07, 6.45) is 0.703. The first-order valence-corrected chi connectivity index (χ1v) is 7.74. The Hall–Kier alpha value is -1.43. The number of para-hydroxylation sites is 1. The van der Waals surface area contributed by atoms with Crippen LogP contribution < -0.4 is 10.2 Å². The first-order valence-electron chi connectivity index (χ1n) is 6.95. The highest BCUT2D eigenvalue weighted by Crippen LogP contribution is 2.31. The number of rotatable bonds is 3. The summed E-state index contributed by atoms with van der Waals surface area (Å²) in [6.45, 7) is 4.14. The molecule has 0 spiro atoms. The summed E-state index contributed by atoms with van der Waals surface area (Å²) < 4.78 is 14.6. The molecule has 0 radical (unpaired) electrons. The van der Waals surface area contributed by atoms with Crippen molar-refractivity contribution in [1.29, 1.82) is 0 Å². The van der Waals surface area contributed by atoms with Crippen LogP contribution >= 0.6 is 15.9 Å². The van der Waals surface area contributed by atoms with Crippen LogP contribution in [0.4, 0.5) is 10.1 Å². The third kappa shape index (κ3) is 3.61. The van der Waals surface area contributed by atoms with Crippen LogP contribution in [-0.2, 0) is 9.59 Å². The van der Waals surface area contributed by atoms with Gasteiger partial charge in [0, 0.05) is 17.4 Å². The number of anilines is 1. The first-order chi connectivity index (χ1) is 9.90. The third-order valence-electron chi connectivity index (χ3n) is 3.38. The number of carbonyl (C=O) groups excluding carboxylic acids is 2. The smallest absolute Gasteiger partial charge is 0.249 e. The van der Waals surface area contributed by atoms with Gasteiger partial charge in [-0.25, -0.2) is 4.39 Å². The molecule has 1 N–H and O–H groups in total. The van der Waals surface area contributed by atoms with Crippen molar-refractivity contribution in [1.82, 2.24) is 5.32 Å². The molecule has 21 heavy (non-hydrogen) atoms. The van der Waals surface area contributed by atoms with E-state index in [4.69, 9.17) is 0 Å². The molecule has 1 aliphatic rings. The Morgan fingerprint density at radius 1 is 1.43 bits per heavy atom. The van der Waals surface area contributed by atoms with Crippen molar-refractivity contribution in [2.24, 2.45) is 5.92 Å². The van der Waals surface area contributed by atoms with E-state index >= 15 is 0 Å². The number of nitrogens with zero attached hydrogens (tertiary/aromatic N) is 1. The maximum absolute atomic E-state index is 14.1. The molecule has 1 aliphatic heterocycles. The molecule has 0 aromatic heterocycles. The Morgan fingerprint density at radius 2 is 2.14 bits per heavy atom. The second-order valence-corrected chi connectivity index (χ2v) is 6.41. The van der Waals surface area contributed by atoms with Gasteiger partial charge in [-0.1, -0.05) is 19.9 Å². The third-order valence-corrected chi connectivity index (χ3v) is 4.02. The van der Waals surface area contributed by atoms with Crippen LogP contribution in [0.5, 0.6) is 0 Å². The van der Waals surface area contributed by atoms with Crippen LogP contribution in [0, 0.1) is 11.7 Å². The molecule has 1 heterocycles. The Labute approximate surface area is 131 Å². The normalized spacial score (nSPS) is 19.7. The molecule has 4 nitrogen and oxygen atoms in total. The van der Waals surface area contributed by atoms with Gasteiger partial charge < -0.3 is 10.2 Å². The average molecular weight is 357 g/mol. The summed E-state index contributed by atoms with van der Waals surface area (Å²) in [5.74, 6) is -0.664. The zero-order valence-corrected chi connectivity index (χ0v) is 13.6. The molecule has 1 atom stereocenters. The summed E-state index contributed by atoms with van der Waals surface area (Å²) in [6, 6.07) is 3.96. The molecule has 0 bridgehead atoms. The second kappa shape index (κ2) is 6.56. The predicted molar refractivity (Wildman–Crippen MR) is 82.5 cm³/mol. The first kappa shape index (κ1) is 15.9. The average Bonchev–Trinajstić information content (AvgIpc) is 2.51. The lowest BCUT2D eigenvalue weighted by atomic mass is 10.0. The monoisotopic (exact) mass is 356 g/mol. The zero-order valence-electron chi connectivity index (χ0n) is 12.0. The van der Waals surface area contributed by atoms with E-state index in [1.807, 2.05) is 13.8 Å². The van der Waals surface area contributed by atoms with Crippen LogP contribution in [-0.4, -0.2) is 24.4 Å². The maximum atomic E-state index is 14.1. The molecule has 1 unspecified atom stereocenters. The molecule has 1 fully saturated rings. The van der Waals surface area contributed by atoms with E-state index in [1.54, 1.807) is 12.1 Å². The molecule has 0 aliphatic carbocycles. The highest BCUT2D eigenvalue weighted by molar-refractivity contribution is 9.10. The van der Waals surface area contributed by atoms with Crippen LogP contribution in [0.3, 0.4) is 0 Å². The van der Waals surface area contributed by atoms with E-state index in [-0.39, 0.29) is 36.4 Å². The van der Waals surface area contributed by atoms with Crippen molar-refractivity contribution in [3.8, 4) is 0 Å². The van der Waals surface area contributed by atoms with Gasteiger partial charge in [-0.2, -0.15) is 0 Å². The zero-order chi connectivity index (χ0) is 15.6. The van der Waals surface area contributed by atoms with Gasteiger partial charge in [0.1, 0.15) is 11.9 Å². The number of hydrogen-bond acceptors (Lipinski definition) is 2. The molecule has 2 amide bonds. The van der Waals surface area contributed by atoms with E-state index in [0.717, 1.165) is 0 Å².